The van der Waals surface area contributed by atoms with Crippen LogP contribution in [0.25, 0.3) is 0 Å². The summed E-state index contributed by atoms with van der Waals surface area (Å²) in [6.45, 7) is 26.1. The van der Waals surface area contributed by atoms with E-state index < -0.39 is 82.4 Å². The van der Waals surface area contributed by atoms with E-state index in [-0.39, 0.29) is 49.4 Å². The Labute approximate surface area is 317 Å². The zero-order valence-electron chi connectivity index (χ0n) is 35.1. The maximum Gasteiger partial charge on any atom is 0.408 e. The molecule has 4 atom stereocenters. The van der Waals surface area contributed by atoms with E-state index >= 15 is 0 Å². The highest BCUT2D eigenvalue weighted by molar-refractivity contribution is 5.98. The first-order valence-corrected chi connectivity index (χ1v) is 18.6. The quantitative estimate of drug-likeness (QED) is 0.100. The van der Waals surface area contributed by atoms with Gasteiger partial charge in [-0.2, -0.15) is 0 Å². The molecule has 0 unspecified atom stereocenters. The van der Waals surface area contributed by atoms with E-state index in [1.807, 2.05) is 55.4 Å². The van der Waals surface area contributed by atoms with Crippen LogP contribution < -0.4 is 31.9 Å². The Morgan fingerprint density at radius 1 is 0.472 bits per heavy atom. The molecule has 0 fully saturated rings. The fraction of sp³-hybridized carbons (Fsp3) is 0.816. The number of amides is 6. The van der Waals surface area contributed by atoms with Crippen molar-refractivity contribution in [3.8, 4) is 0 Å². The summed E-state index contributed by atoms with van der Waals surface area (Å²) in [5, 5.41) is 16.2. The monoisotopic (exact) mass is 755 g/mol. The van der Waals surface area contributed by atoms with Crippen molar-refractivity contribution in [2.75, 3.05) is 7.11 Å². The van der Waals surface area contributed by atoms with Gasteiger partial charge in [0.2, 0.25) is 29.5 Å². The first-order valence-electron chi connectivity index (χ1n) is 18.6. The lowest BCUT2D eigenvalue weighted by Gasteiger charge is -2.32. The fourth-order valence-corrected chi connectivity index (χ4v) is 5.30. The molecule has 0 aliphatic heterocycles. The van der Waals surface area contributed by atoms with E-state index in [1.165, 1.54) is 34.8 Å². The zero-order chi connectivity index (χ0) is 41.6. The number of methoxy groups -OCH3 is 1. The van der Waals surface area contributed by atoms with Crippen molar-refractivity contribution in [1.82, 2.24) is 31.9 Å². The van der Waals surface area contributed by atoms with Crippen molar-refractivity contribution in [3.63, 3.8) is 0 Å². The molecule has 0 saturated carbocycles. The van der Waals surface area contributed by atoms with Gasteiger partial charge in [0, 0.05) is 0 Å². The predicted octanol–water partition coefficient (Wildman–Crippen LogP) is 3.48. The highest BCUT2D eigenvalue weighted by Gasteiger charge is 2.38. The van der Waals surface area contributed by atoms with E-state index in [0.29, 0.717) is 0 Å². The Bertz CT molecular complexity index is 1270. The molecule has 0 aliphatic carbocycles. The average molecular weight is 755 g/mol. The Kier molecular flexibility index (Phi) is 19.5. The topological polar surface area (TPSA) is 210 Å². The molecule has 6 N–H and O–H groups in total. The molecule has 0 bridgehead atoms. The Hall–Kier alpha value is -3.91. The third-order valence-electron chi connectivity index (χ3n) is 7.86. The number of nitrogens with one attached hydrogen (secondary N) is 6. The number of hydrogen-bond donors (Lipinski definition) is 6. The second-order valence-electron chi connectivity index (χ2n) is 17.6. The number of ether oxygens (including phenoxy) is 2. The number of hydrogen-bond acceptors (Lipinski definition) is 9. The van der Waals surface area contributed by atoms with Gasteiger partial charge in [-0.1, -0.05) is 55.4 Å². The standard InChI is InChI=1S/C38H70N6O9/c1-21(2)17-25(29(45)39-28(20-24(7)8)32(48)44-38(14,15)34(50)52-16)41-33(49)37(12,13)43-31(47)27(19-23(5)6)40-30(46)26(18-22(3)4)42-35(51)53-36(9,10)11/h21-28H,17-20H2,1-16H3,(H,39,45)(H,40,46)(H,41,49)(H,42,51)(H,43,47)(H,44,48)/t25-,26+,27-,28-/m0/s1. The van der Waals surface area contributed by atoms with Gasteiger partial charge < -0.3 is 41.4 Å². The second kappa shape index (κ2) is 21.1. The zero-order valence-corrected chi connectivity index (χ0v) is 35.1. The number of esters is 1. The molecule has 0 spiro atoms. The summed E-state index contributed by atoms with van der Waals surface area (Å²) in [6.07, 6.45) is 0.242. The Morgan fingerprint density at radius 3 is 1.11 bits per heavy atom. The van der Waals surface area contributed by atoms with Gasteiger partial charge in [-0.05, 0) is 97.8 Å². The van der Waals surface area contributed by atoms with Gasteiger partial charge in [-0.25, -0.2) is 9.59 Å². The minimum Gasteiger partial charge on any atom is -0.467 e. The first-order chi connectivity index (χ1) is 24.0. The molecule has 0 aliphatic rings. The van der Waals surface area contributed by atoms with Gasteiger partial charge in [0.05, 0.1) is 7.11 Å². The van der Waals surface area contributed by atoms with E-state index in [1.54, 1.807) is 20.8 Å². The number of carbonyl (C=O) groups is 7. The van der Waals surface area contributed by atoms with Gasteiger partial charge in [0.25, 0.3) is 0 Å². The molecular weight excluding hydrogens is 684 g/mol. The molecule has 15 heteroatoms. The summed E-state index contributed by atoms with van der Waals surface area (Å²) in [7, 11) is 1.21. The number of rotatable bonds is 20. The summed E-state index contributed by atoms with van der Waals surface area (Å²) < 4.78 is 10.1. The molecular formula is C38H70N6O9. The normalized spacial score (nSPS) is 14.5. The van der Waals surface area contributed by atoms with Crippen molar-refractivity contribution in [3.05, 3.63) is 0 Å². The highest BCUT2D eigenvalue weighted by atomic mass is 16.6. The van der Waals surface area contributed by atoms with Crippen molar-refractivity contribution in [2.45, 2.75) is 170 Å². The Balaban J connectivity index is 6.13. The van der Waals surface area contributed by atoms with Gasteiger partial charge in [0.1, 0.15) is 40.8 Å². The van der Waals surface area contributed by atoms with E-state index in [0.717, 1.165) is 0 Å². The summed E-state index contributed by atoms with van der Waals surface area (Å²) >= 11 is 0. The summed E-state index contributed by atoms with van der Waals surface area (Å²) in [5.74, 6) is -3.76. The molecule has 0 heterocycles. The van der Waals surface area contributed by atoms with Crippen molar-refractivity contribution >= 4 is 41.6 Å². The summed E-state index contributed by atoms with van der Waals surface area (Å²) in [6, 6.07) is -4.12. The molecule has 0 radical (unpaired) electrons. The van der Waals surface area contributed by atoms with Crippen LogP contribution in [-0.4, -0.2) is 89.6 Å². The molecule has 0 aromatic rings. The second-order valence-corrected chi connectivity index (χ2v) is 17.6. The van der Waals surface area contributed by atoms with Crippen molar-refractivity contribution in [2.24, 2.45) is 23.7 Å². The fourth-order valence-electron chi connectivity index (χ4n) is 5.30. The predicted molar refractivity (Wildman–Crippen MR) is 203 cm³/mol. The van der Waals surface area contributed by atoms with Gasteiger partial charge in [-0.15, -0.1) is 0 Å². The van der Waals surface area contributed by atoms with E-state index in [4.69, 9.17) is 9.47 Å². The van der Waals surface area contributed by atoms with Crippen LogP contribution in [0.5, 0.6) is 0 Å². The molecule has 0 rings (SSSR count). The van der Waals surface area contributed by atoms with Crippen LogP contribution in [0.15, 0.2) is 0 Å². The third kappa shape index (κ3) is 19.1. The lowest BCUT2D eigenvalue weighted by Crippen LogP contribution is -2.63. The van der Waals surface area contributed by atoms with E-state index in [2.05, 4.69) is 31.9 Å². The van der Waals surface area contributed by atoms with Crippen LogP contribution in [-0.2, 0) is 38.2 Å². The van der Waals surface area contributed by atoms with Crippen LogP contribution in [0.4, 0.5) is 4.79 Å². The molecule has 0 saturated heterocycles. The summed E-state index contributed by atoms with van der Waals surface area (Å²) in [4.78, 5) is 92.7. The third-order valence-corrected chi connectivity index (χ3v) is 7.86. The minimum absolute atomic E-state index is 0.00686. The van der Waals surface area contributed by atoms with Crippen LogP contribution in [0, 0.1) is 23.7 Å². The summed E-state index contributed by atoms with van der Waals surface area (Å²) in [5.41, 5.74) is -3.67. The van der Waals surface area contributed by atoms with Crippen molar-refractivity contribution in [1.29, 1.82) is 0 Å². The molecule has 306 valence electrons. The highest BCUT2D eigenvalue weighted by Crippen LogP contribution is 2.15. The molecule has 0 aromatic carbocycles. The first kappa shape index (κ1) is 49.1. The molecule has 0 aromatic heterocycles. The smallest absolute Gasteiger partial charge is 0.408 e. The van der Waals surface area contributed by atoms with Crippen molar-refractivity contribution < 1.29 is 43.0 Å². The van der Waals surface area contributed by atoms with Crippen LogP contribution in [0.2, 0.25) is 0 Å². The number of carbonyl (C=O) groups excluding carboxylic acids is 7. The molecule has 53 heavy (non-hydrogen) atoms. The maximum atomic E-state index is 13.7. The van der Waals surface area contributed by atoms with Crippen LogP contribution in [0.1, 0.15) is 130 Å². The largest absolute Gasteiger partial charge is 0.467 e. The average Bonchev–Trinajstić information content (AvgIpc) is 2.96. The van der Waals surface area contributed by atoms with Gasteiger partial charge >= 0.3 is 12.1 Å². The molecule has 15 nitrogen and oxygen atoms in total. The SMILES string of the molecule is COC(=O)C(C)(C)NC(=O)[C@H](CC(C)C)NC(=O)[C@H](CC(C)C)NC(=O)C(C)(C)NC(=O)[C@H](CC(C)C)NC(=O)[C@@H](CC(C)C)NC(=O)OC(C)(C)C. The van der Waals surface area contributed by atoms with Gasteiger partial charge in [-0.3, -0.25) is 24.0 Å². The van der Waals surface area contributed by atoms with E-state index in [9.17, 15) is 33.6 Å². The van der Waals surface area contributed by atoms with Crippen LogP contribution >= 0.6 is 0 Å². The Morgan fingerprint density at radius 2 is 0.792 bits per heavy atom. The number of alkyl carbamates (subject to hydrolysis) is 1. The lowest BCUT2D eigenvalue weighted by atomic mass is 9.96. The van der Waals surface area contributed by atoms with Crippen LogP contribution in [0.3, 0.4) is 0 Å². The maximum absolute atomic E-state index is 13.7. The molecule has 6 amide bonds. The lowest BCUT2D eigenvalue weighted by molar-refractivity contribution is -0.149. The van der Waals surface area contributed by atoms with Gasteiger partial charge in [0.15, 0.2) is 0 Å². The minimum atomic E-state index is -1.54.